The molecule has 0 radical (unpaired) electrons. The van der Waals surface area contributed by atoms with Crippen LogP contribution in [0.3, 0.4) is 0 Å². The number of hydrogen-bond donors (Lipinski definition) is 0. The SMILES string of the molecule is O=C1c2cc(Br)ccc2O[C@@H]1Br. The van der Waals surface area contributed by atoms with Crippen molar-refractivity contribution in [2.45, 2.75) is 5.01 Å². The second-order valence-electron chi connectivity index (χ2n) is 2.44. The second kappa shape index (κ2) is 2.85. The van der Waals surface area contributed by atoms with E-state index in [9.17, 15) is 4.79 Å². The highest BCUT2D eigenvalue weighted by Gasteiger charge is 2.29. The molecule has 1 aliphatic rings. The summed E-state index contributed by atoms with van der Waals surface area (Å²) in [6, 6.07) is 5.38. The van der Waals surface area contributed by atoms with Gasteiger partial charge >= 0.3 is 0 Å². The van der Waals surface area contributed by atoms with Crippen LogP contribution in [0.15, 0.2) is 22.7 Å². The van der Waals surface area contributed by atoms with E-state index in [2.05, 4.69) is 31.9 Å². The minimum absolute atomic E-state index is 0.0219. The zero-order valence-electron chi connectivity index (χ0n) is 5.88. The van der Waals surface area contributed by atoms with Crippen molar-refractivity contribution in [3.8, 4) is 5.75 Å². The Morgan fingerprint density at radius 2 is 2.17 bits per heavy atom. The molecule has 1 heterocycles. The van der Waals surface area contributed by atoms with Gasteiger partial charge in [-0.3, -0.25) is 4.79 Å². The fourth-order valence-electron chi connectivity index (χ4n) is 1.08. The molecule has 0 aromatic heterocycles. The minimum atomic E-state index is -0.512. The van der Waals surface area contributed by atoms with Crippen molar-refractivity contribution in [3.05, 3.63) is 28.2 Å². The number of ketones is 1. The largest absolute Gasteiger partial charge is 0.470 e. The number of rotatable bonds is 0. The smallest absolute Gasteiger partial charge is 0.218 e. The lowest BCUT2D eigenvalue weighted by atomic mass is 10.1. The summed E-state index contributed by atoms with van der Waals surface area (Å²) in [6.07, 6.45) is 0. The summed E-state index contributed by atoms with van der Waals surface area (Å²) in [7, 11) is 0. The average molecular weight is 292 g/mol. The summed E-state index contributed by atoms with van der Waals surface area (Å²) in [5, 5.41) is -0.512. The Bertz CT molecular complexity index is 349. The van der Waals surface area contributed by atoms with E-state index in [-0.39, 0.29) is 5.78 Å². The van der Waals surface area contributed by atoms with E-state index in [1.54, 1.807) is 12.1 Å². The van der Waals surface area contributed by atoms with E-state index in [1.165, 1.54) is 0 Å². The highest BCUT2D eigenvalue weighted by molar-refractivity contribution is 9.10. The standard InChI is InChI=1S/C8H4Br2O2/c9-4-1-2-6-5(3-4)7(11)8(10)12-6/h1-3,8H/t8-/m0/s1. The number of ether oxygens (including phenoxy) is 1. The Morgan fingerprint density at radius 3 is 2.92 bits per heavy atom. The van der Waals surface area contributed by atoms with Crippen LogP contribution in [0.2, 0.25) is 0 Å². The molecule has 0 saturated carbocycles. The molecule has 12 heavy (non-hydrogen) atoms. The van der Waals surface area contributed by atoms with Crippen molar-refractivity contribution >= 4 is 37.6 Å². The van der Waals surface area contributed by atoms with Crippen molar-refractivity contribution in [3.63, 3.8) is 0 Å². The lowest BCUT2D eigenvalue weighted by Crippen LogP contribution is -2.10. The summed E-state index contributed by atoms with van der Waals surface area (Å²) < 4.78 is 6.11. The van der Waals surface area contributed by atoms with Crippen molar-refractivity contribution in [1.82, 2.24) is 0 Å². The third kappa shape index (κ3) is 1.19. The summed E-state index contributed by atoms with van der Waals surface area (Å²) in [5.41, 5.74) is 0.631. The first kappa shape index (κ1) is 8.26. The molecule has 2 nitrogen and oxygen atoms in total. The van der Waals surface area contributed by atoms with Gasteiger partial charge < -0.3 is 4.74 Å². The molecular formula is C8H4Br2O2. The van der Waals surface area contributed by atoms with Gasteiger partial charge in [0.25, 0.3) is 0 Å². The fraction of sp³-hybridized carbons (Fsp3) is 0.125. The molecule has 2 rings (SSSR count). The third-order valence-electron chi connectivity index (χ3n) is 1.64. The van der Waals surface area contributed by atoms with Gasteiger partial charge in [-0.05, 0) is 34.1 Å². The van der Waals surface area contributed by atoms with Gasteiger partial charge in [0.15, 0.2) is 0 Å². The van der Waals surface area contributed by atoms with Gasteiger partial charge in [-0.2, -0.15) is 0 Å². The van der Waals surface area contributed by atoms with Crippen LogP contribution >= 0.6 is 31.9 Å². The van der Waals surface area contributed by atoms with Gasteiger partial charge in [0.2, 0.25) is 10.8 Å². The Morgan fingerprint density at radius 1 is 1.42 bits per heavy atom. The van der Waals surface area contributed by atoms with Crippen molar-refractivity contribution in [1.29, 1.82) is 0 Å². The van der Waals surface area contributed by atoms with Crippen LogP contribution in [0.1, 0.15) is 10.4 Å². The maximum Gasteiger partial charge on any atom is 0.218 e. The summed E-state index contributed by atoms with van der Waals surface area (Å²) in [4.78, 5) is 11.4. The van der Waals surface area contributed by atoms with E-state index in [1.807, 2.05) is 6.07 Å². The molecule has 0 amide bonds. The number of hydrogen-bond acceptors (Lipinski definition) is 2. The summed E-state index contributed by atoms with van der Waals surface area (Å²) in [5.74, 6) is 0.622. The fourth-order valence-corrected chi connectivity index (χ4v) is 1.89. The van der Waals surface area contributed by atoms with Gasteiger partial charge in [0, 0.05) is 4.47 Å². The van der Waals surface area contributed by atoms with Gasteiger partial charge in [0.1, 0.15) is 5.75 Å². The molecule has 0 spiro atoms. The van der Waals surface area contributed by atoms with Crippen LogP contribution in [0, 0.1) is 0 Å². The second-order valence-corrected chi connectivity index (χ2v) is 4.19. The van der Waals surface area contributed by atoms with Crippen LogP contribution in [-0.4, -0.2) is 10.8 Å². The van der Waals surface area contributed by atoms with Crippen LogP contribution in [0.4, 0.5) is 0 Å². The number of benzene rings is 1. The first-order valence-corrected chi connectivity index (χ1v) is 5.04. The van der Waals surface area contributed by atoms with Gasteiger partial charge in [-0.1, -0.05) is 15.9 Å². The lowest BCUT2D eigenvalue weighted by molar-refractivity contribution is 0.0942. The average Bonchev–Trinajstić information content (AvgIpc) is 2.31. The van der Waals surface area contributed by atoms with Crippen LogP contribution in [0.25, 0.3) is 0 Å². The Labute approximate surface area is 86.2 Å². The summed E-state index contributed by atoms with van der Waals surface area (Å²) >= 11 is 6.41. The molecule has 1 aromatic rings. The van der Waals surface area contributed by atoms with E-state index in [0.29, 0.717) is 11.3 Å². The third-order valence-corrected chi connectivity index (χ3v) is 2.74. The minimum Gasteiger partial charge on any atom is -0.470 e. The zero-order valence-corrected chi connectivity index (χ0v) is 9.05. The Kier molecular flexibility index (Phi) is 1.96. The van der Waals surface area contributed by atoms with Crippen LogP contribution < -0.4 is 4.74 Å². The van der Waals surface area contributed by atoms with E-state index in [4.69, 9.17) is 4.74 Å². The predicted molar refractivity (Wildman–Crippen MR) is 51.8 cm³/mol. The molecule has 1 aromatic carbocycles. The van der Waals surface area contributed by atoms with Crippen molar-refractivity contribution < 1.29 is 9.53 Å². The van der Waals surface area contributed by atoms with E-state index in [0.717, 1.165) is 4.47 Å². The number of carbonyl (C=O) groups excluding carboxylic acids is 1. The van der Waals surface area contributed by atoms with Crippen LogP contribution in [0.5, 0.6) is 5.75 Å². The van der Waals surface area contributed by atoms with Crippen molar-refractivity contribution in [2.75, 3.05) is 0 Å². The Hall–Kier alpha value is -0.350. The van der Waals surface area contributed by atoms with Gasteiger partial charge in [0.05, 0.1) is 5.56 Å². The topological polar surface area (TPSA) is 26.3 Å². The highest BCUT2D eigenvalue weighted by Crippen LogP contribution is 2.32. The van der Waals surface area contributed by atoms with E-state index >= 15 is 0 Å². The van der Waals surface area contributed by atoms with E-state index < -0.39 is 5.01 Å². The quantitative estimate of drug-likeness (QED) is 0.687. The molecule has 0 fully saturated rings. The lowest BCUT2D eigenvalue weighted by Gasteiger charge is -1.97. The number of Topliss-reactive ketones (excluding diaryl/α,β-unsaturated/α-hetero) is 1. The monoisotopic (exact) mass is 290 g/mol. The molecule has 0 bridgehead atoms. The van der Waals surface area contributed by atoms with Crippen molar-refractivity contribution in [2.24, 2.45) is 0 Å². The normalized spacial score (nSPS) is 20.5. The maximum atomic E-state index is 11.4. The van der Waals surface area contributed by atoms with Crippen LogP contribution in [-0.2, 0) is 0 Å². The molecule has 0 N–H and O–H groups in total. The van der Waals surface area contributed by atoms with Gasteiger partial charge in [-0.25, -0.2) is 0 Å². The predicted octanol–water partition coefficient (Wildman–Crippen LogP) is 2.75. The zero-order chi connectivity index (χ0) is 8.72. The molecular weight excluding hydrogens is 288 g/mol. The number of halogens is 2. The molecule has 4 heteroatoms. The molecule has 0 saturated heterocycles. The van der Waals surface area contributed by atoms with Gasteiger partial charge in [-0.15, -0.1) is 0 Å². The molecule has 1 atom stereocenters. The molecule has 0 unspecified atom stereocenters. The Balaban J connectivity index is 2.56. The number of carbonyl (C=O) groups is 1. The maximum absolute atomic E-state index is 11.4. The molecule has 1 aliphatic heterocycles. The first-order valence-electron chi connectivity index (χ1n) is 3.33. The number of fused-ring (bicyclic) bond motifs is 1. The summed E-state index contributed by atoms with van der Waals surface area (Å²) in [6.45, 7) is 0. The first-order chi connectivity index (χ1) is 5.68. The molecule has 0 aliphatic carbocycles. The highest BCUT2D eigenvalue weighted by atomic mass is 79.9. The molecule has 62 valence electrons. The number of alkyl halides is 1.